The van der Waals surface area contributed by atoms with Crippen molar-refractivity contribution in [2.45, 2.75) is 28.9 Å². The van der Waals surface area contributed by atoms with Crippen molar-refractivity contribution < 1.29 is 13.2 Å². The molecule has 2 N–H and O–H groups in total. The van der Waals surface area contributed by atoms with Crippen molar-refractivity contribution in [2.24, 2.45) is 0 Å². The Morgan fingerprint density at radius 1 is 1.00 bits per heavy atom. The van der Waals surface area contributed by atoms with Gasteiger partial charge in [-0.1, -0.05) is 0 Å². The van der Waals surface area contributed by atoms with E-state index in [9.17, 15) is 13.2 Å². The standard InChI is InChI=1S/C27H24N8O4S/c36-25-6-1-18-13-30-27(33-20-2-4-21(5-3-20)39-22-7-10-29-15-22)34-26(18)35(25)17-19-14-31-32-16-24(19)40(37,38)23-8-11-28-12-9-23/h1-6,8-9,11-14,16,22,29H,7,10,15,17H2,(H,30,33,34). The number of benzene rings is 1. The highest BCUT2D eigenvalue weighted by molar-refractivity contribution is 7.91. The van der Waals surface area contributed by atoms with Crippen LogP contribution in [0.4, 0.5) is 11.6 Å². The van der Waals surface area contributed by atoms with Gasteiger partial charge in [0.25, 0.3) is 5.56 Å². The lowest BCUT2D eigenvalue weighted by molar-refractivity contribution is 0.223. The molecule has 0 spiro atoms. The third kappa shape index (κ3) is 5.24. The fraction of sp³-hybridized carbons (Fsp3) is 0.185. The van der Waals surface area contributed by atoms with Crippen molar-refractivity contribution in [1.82, 2.24) is 35.0 Å². The molecule has 1 atom stereocenters. The zero-order valence-electron chi connectivity index (χ0n) is 21.1. The average molecular weight is 557 g/mol. The van der Waals surface area contributed by atoms with Crippen molar-refractivity contribution in [1.29, 1.82) is 0 Å². The molecule has 6 rings (SSSR count). The number of sulfone groups is 1. The maximum absolute atomic E-state index is 13.3. The van der Waals surface area contributed by atoms with E-state index in [1.807, 2.05) is 24.3 Å². The minimum atomic E-state index is -3.93. The van der Waals surface area contributed by atoms with Crippen molar-refractivity contribution in [3.8, 4) is 5.75 Å². The molecule has 0 bridgehead atoms. The third-order valence-corrected chi connectivity index (χ3v) is 8.34. The second-order valence-corrected chi connectivity index (χ2v) is 11.1. The first-order valence-electron chi connectivity index (χ1n) is 12.5. The fourth-order valence-electron chi connectivity index (χ4n) is 4.46. The lowest BCUT2D eigenvalue weighted by Crippen LogP contribution is -2.22. The number of nitrogens with zero attached hydrogens (tertiary/aromatic N) is 6. The molecule has 1 saturated heterocycles. The van der Waals surface area contributed by atoms with Gasteiger partial charge in [-0.05, 0) is 55.4 Å². The zero-order chi connectivity index (χ0) is 27.5. The maximum Gasteiger partial charge on any atom is 0.252 e. The van der Waals surface area contributed by atoms with Crippen LogP contribution in [0.3, 0.4) is 0 Å². The summed E-state index contributed by atoms with van der Waals surface area (Å²) in [6, 6.07) is 13.3. The number of hydrogen-bond donors (Lipinski definition) is 2. The Morgan fingerprint density at radius 2 is 1.80 bits per heavy atom. The topological polar surface area (TPSA) is 154 Å². The molecule has 1 aliphatic heterocycles. The number of rotatable bonds is 8. The molecular weight excluding hydrogens is 532 g/mol. The van der Waals surface area contributed by atoms with Crippen LogP contribution in [-0.2, 0) is 16.4 Å². The van der Waals surface area contributed by atoms with Crippen LogP contribution in [0.2, 0.25) is 0 Å². The molecule has 13 heteroatoms. The van der Waals surface area contributed by atoms with E-state index in [0.29, 0.717) is 16.6 Å². The number of fused-ring (bicyclic) bond motifs is 1. The molecule has 202 valence electrons. The minimum absolute atomic E-state index is 0.0549. The van der Waals surface area contributed by atoms with Gasteiger partial charge in [-0.25, -0.2) is 13.4 Å². The number of nitrogens with one attached hydrogen (secondary N) is 2. The first kappa shape index (κ1) is 25.5. The van der Waals surface area contributed by atoms with E-state index in [0.717, 1.165) is 30.9 Å². The first-order valence-corrected chi connectivity index (χ1v) is 14.0. The van der Waals surface area contributed by atoms with E-state index in [1.54, 1.807) is 12.3 Å². The van der Waals surface area contributed by atoms with E-state index in [-0.39, 0.29) is 33.9 Å². The first-order chi connectivity index (χ1) is 19.5. The molecule has 5 aromatic rings. The van der Waals surface area contributed by atoms with Crippen LogP contribution >= 0.6 is 0 Å². The Bertz CT molecular complexity index is 1820. The van der Waals surface area contributed by atoms with Gasteiger partial charge in [0.05, 0.1) is 28.7 Å². The highest BCUT2D eigenvalue weighted by Gasteiger charge is 2.23. The van der Waals surface area contributed by atoms with Gasteiger partial charge >= 0.3 is 0 Å². The van der Waals surface area contributed by atoms with Gasteiger partial charge in [-0.15, -0.1) is 0 Å². The van der Waals surface area contributed by atoms with Crippen LogP contribution in [-0.4, -0.2) is 57.3 Å². The molecular formula is C27H24N8O4S. The predicted molar refractivity (Wildman–Crippen MR) is 146 cm³/mol. The second kappa shape index (κ2) is 10.8. The molecule has 40 heavy (non-hydrogen) atoms. The zero-order valence-corrected chi connectivity index (χ0v) is 22.0. The van der Waals surface area contributed by atoms with Gasteiger partial charge in [0, 0.05) is 47.8 Å². The largest absolute Gasteiger partial charge is 0.489 e. The second-order valence-electron chi connectivity index (χ2n) is 9.18. The molecule has 1 fully saturated rings. The summed E-state index contributed by atoms with van der Waals surface area (Å²) >= 11 is 0. The van der Waals surface area contributed by atoms with Crippen molar-refractivity contribution in [3.63, 3.8) is 0 Å². The number of aromatic nitrogens is 6. The minimum Gasteiger partial charge on any atom is -0.489 e. The van der Waals surface area contributed by atoms with Crippen molar-refractivity contribution in [3.05, 3.63) is 95.4 Å². The Kier molecular flexibility index (Phi) is 6.88. The van der Waals surface area contributed by atoms with Crippen LogP contribution in [0.25, 0.3) is 11.0 Å². The van der Waals surface area contributed by atoms with E-state index < -0.39 is 9.84 Å². The molecule has 4 aromatic heterocycles. The molecule has 0 saturated carbocycles. The van der Waals surface area contributed by atoms with Crippen LogP contribution in [0.15, 0.2) is 94.1 Å². The molecule has 12 nitrogen and oxygen atoms in total. The van der Waals surface area contributed by atoms with Gasteiger partial charge in [-0.2, -0.15) is 15.2 Å². The molecule has 0 radical (unpaired) electrons. The fourth-order valence-corrected chi connectivity index (χ4v) is 5.84. The molecule has 0 amide bonds. The summed E-state index contributed by atoms with van der Waals surface area (Å²) in [5.74, 6) is 1.05. The smallest absolute Gasteiger partial charge is 0.252 e. The lowest BCUT2D eigenvalue weighted by Gasteiger charge is -2.14. The summed E-state index contributed by atoms with van der Waals surface area (Å²) < 4.78 is 34.0. The third-order valence-electron chi connectivity index (χ3n) is 6.50. The van der Waals surface area contributed by atoms with Gasteiger partial charge in [0.2, 0.25) is 15.8 Å². The summed E-state index contributed by atoms with van der Waals surface area (Å²) in [5, 5.41) is 14.7. The molecule has 0 aliphatic carbocycles. The Balaban J connectivity index is 1.30. The van der Waals surface area contributed by atoms with Crippen LogP contribution in [0.5, 0.6) is 5.75 Å². The normalized spacial score (nSPS) is 15.2. The summed E-state index contributed by atoms with van der Waals surface area (Å²) in [5.41, 5.74) is 1.01. The monoisotopic (exact) mass is 556 g/mol. The van der Waals surface area contributed by atoms with E-state index in [4.69, 9.17) is 4.74 Å². The molecule has 1 aromatic carbocycles. The van der Waals surface area contributed by atoms with Gasteiger partial charge < -0.3 is 15.4 Å². The van der Waals surface area contributed by atoms with Crippen LogP contribution in [0.1, 0.15) is 12.0 Å². The summed E-state index contributed by atoms with van der Waals surface area (Å²) in [6.07, 6.45) is 8.05. The molecule has 5 heterocycles. The van der Waals surface area contributed by atoms with Gasteiger partial charge in [-0.3, -0.25) is 14.3 Å². The maximum atomic E-state index is 13.3. The summed E-state index contributed by atoms with van der Waals surface area (Å²) in [7, 11) is -3.93. The van der Waals surface area contributed by atoms with E-state index >= 15 is 0 Å². The highest BCUT2D eigenvalue weighted by Crippen LogP contribution is 2.24. The number of pyridine rings is 2. The quantitative estimate of drug-likeness (QED) is 0.289. The van der Waals surface area contributed by atoms with E-state index in [1.165, 1.54) is 47.6 Å². The Hall–Kier alpha value is -4.75. The number of hydrogen-bond acceptors (Lipinski definition) is 11. The number of anilines is 2. The predicted octanol–water partition coefficient (Wildman–Crippen LogP) is 2.34. The van der Waals surface area contributed by atoms with Crippen molar-refractivity contribution >= 4 is 32.5 Å². The average Bonchev–Trinajstić information content (AvgIpc) is 3.49. The van der Waals surface area contributed by atoms with Crippen molar-refractivity contribution in [2.75, 3.05) is 18.4 Å². The highest BCUT2D eigenvalue weighted by atomic mass is 32.2. The van der Waals surface area contributed by atoms with Gasteiger partial charge in [0.15, 0.2) is 0 Å². The number of ether oxygens (including phenoxy) is 1. The summed E-state index contributed by atoms with van der Waals surface area (Å²) in [6.45, 7) is 1.69. The SMILES string of the molecule is O=c1ccc2cnc(Nc3ccc(OC4CCNC4)cc3)nc2n1Cc1cnncc1S(=O)(=O)c1ccncc1. The summed E-state index contributed by atoms with van der Waals surface area (Å²) in [4.78, 5) is 25.9. The van der Waals surface area contributed by atoms with Gasteiger partial charge in [0.1, 0.15) is 17.5 Å². The lowest BCUT2D eigenvalue weighted by atomic mass is 10.2. The van der Waals surface area contributed by atoms with Crippen LogP contribution in [0, 0.1) is 0 Å². The molecule has 1 unspecified atom stereocenters. The van der Waals surface area contributed by atoms with Crippen LogP contribution < -0.4 is 20.9 Å². The Morgan fingerprint density at radius 3 is 2.58 bits per heavy atom. The van der Waals surface area contributed by atoms with E-state index in [2.05, 4.69) is 35.8 Å². The molecule has 1 aliphatic rings. The Labute approximate surface area is 229 Å².